The predicted molar refractivity (Wildman–Crippen MR) is 63.2 cm³/mol. The van der Waals surface area contributed by atoms with E-state index in [1.54, 1.807) is 6.92 Å². The molecule has 0 radical (unpaired) electrons. The van der Waals surface area contributed by atoms with Gasteiger partial charge in [0, 0.05) is 39.0 Å². The van der Waals surface area contributed by atoms with Crippen molar-refractivity contribution < 1.29 is 4.79 Å². The number of halogens is 1. The lowest BCUT2D eigenvalue weighted by Crippen LogP contribution is -2.35. The van der Waals surface area contributed by atoms with Gasteiger partial charge in [-0.15, -0.1) is 11.6 Å². The van der Waals surface area contributed by atoms with Crippen molar-refractivity contribution in [3.63, 3.8) is 0 Å². The van der Waals surface area contributed by atoms with Crippen LogP contribution >= 0.6 is 11.6 Å². The van der Waals surface area contributed by atoms with Gasteiger partial charge in [-0.3, -0.25) is 4.79 Å². The highest BCUT2D eigenvalue weighted by Gasteiger charge is 2.17. The zero-order valence-corrected chi connectivity index (χ0v) is 10.5. The summed E-state index contributed by atoms with van der Waals surface area (Å²) < 4.78 is 0. The summed E-state index contributed by atoms with van der Waals surface area (Å²) in [5.74, 6) is 1.45. The van der Waals surface area contributed by atoms with Crippen LogP contribution in [0.15, 0.2) is 0 Å². The third-order valence-corrected chi connectivity index (χ3v) is 3.39. The van der Waals surface area contributed by atoms with Crippen LogP contribution in [0.2, 0.25) is 0 Å². The van der Waals surface area contributed by atoms with Crippen LogP contribution in [0.5, 0.6) is 0 Å². The minimum absolute atomic E-state index is 0.197. The molecule has 1 amide bonds. The third kappa shape index (κ3) is 4.39. The number of nitrogens with zero attached hydrogens (tertiary/aromatic N) is 2. The van der Waals surface area contributed by atoms with Gasteiger partial charge in [0.05, 0.1) is 0 Å². The van der Waals surface area contributed by atoms with Crippen molar-refractivity contribution in [2.24, 2.45) is 5.92 Å². The second-order valence-electron chi connectivity index (χ2n) is 4.42. The van der Waals surface area contributed by atoms with E-state index in [-0.39, 0.29) is 5.91 Å². The van der Waals surface area contributed by atoms with Crippen molar-refractivity contribution in [3.05, 3.63) is 0 Å². The molecule has 3 nitrogen and oxygen atoms in total. The average Bonchev–Trinajstić information content (AvgIpc) is 2.43. The van der Waals surface area contributed by atoms with Crippen LogP contribution in [-0.4, -0.2) is 54.3 Å². The van der Waals surface area contributed by atoms with Gasteiger partial charge in [0.2, 0.25) is 5.91 Å². The number of carbonyl (C=O) groups excluding carboxylic acids is 1. The molecule has 15 heavy (non-hydrogen) atoms. The molecular weight excluding hydrogens is 212 g/mol. The summed E-state index contributed by atoms with van der Waals surface area (Å²) in [6.45, 7) is 8.71. The van der Waals surface area contributed by atoms with Crippen LogP contribution in [0.4, 0.5) is 0 Å². The Morgan fingerprint density at radius 1 is 1.33 bits per heavy atom. The number of hydrogen-bond acceptors (Lipinski definition) is 2. The molecule has 1 heterocycles. The van der Waals surface area contributed by atoms with Crippen molar-refractivity contribution >= 4 is 17.5 Å². The summed E-state index contributed by atoms with van der Waals surface area (Å²) in [7, 11) is 0. The molecular formula is C11H21ClN2O. The molecule has 0 aromatic carbocycles. The molecule has 1 unspecified atom stereocenters. The molecule has 0 saturated carbocycles. The Morgan fingerprint density at radius 3 is 2.67 bits per heavy atom. The molecule has 0 aliphatic carbocycles. The third-order valence-electron chi connectivity index (χ3n) is 2.87. The van der Waals surface area contributed by atoms with Gasteiger partial charge in [-0.05, 0) is 18.9 Å². The maximum atomic E-state index is 11.2. The van der Waals surface area contributed by atoms with Gasteiger partial charge in [0.1, 0.15) is 0 Å². The van der Waals surface area contributed by atoms with Crippen LogP contribution in [-0.2, 0) is 4.79 Å². The predicted octanol–water partition coefficient (Wildman–Crippen LogP) is 1.42. The van der Waals surface area contributed by atoms with E-state index in [0.717, 1.165) is 39.1 Å². The van der Waals surface area contributed by atoms with Crippen molar-refractivity contribution in [1.82, 2.24) is 9.80 Å². The van der Waals surface area contributed by atoms with E-state index in [1.807, 2.05) is 4.90 Å². The fraction of sp³-hybridized carbons (Fsp3) is 0.909. The average molecular weight is 233 g/mol. The summed E-state index contributed by atoms with van der Waals surface area (Å²) in [5.41, 5.74) is 0. The van der Waals surface area contributed by atoms with Gasteiger partial charge >= 0.3 is 0 Å². The van der Waals surface area contributed by atoms with Crippen LogP contribution < -0.4 is 0 Å². The molecule has 1 aliphatic rings. The van der Waals surface area contributed by atoms with Crippen LogP contribution in [0.25, 0.3) is 0 Å². The van der Waals surface area contributed by atoms with Crippen molar-refractivity contribution in [2.75, 3.05) is 38.6 Å². The van der Waals surface area contributed by atoms with Gasteiger partial charge in [-0.2, -0.15) is 0 Å². The second-order valence-corrected chi connectivity index (χ2v) is 4.73. The Balaban J connectivity index is 2.35. The quantitative estimate of drug-likeness (QED) is 0.688. The van der Waals surface area contributed by atoms with Gasteiger partial charge in [-0.25, -0.2) is 0 Å². The molecule has 1 aliphatic heterocycles. The number of carbonyl (C=O) groups is 1. The molecule has 0 bridgehead atoms. The minimum Gasteiger partial charge on any atom is -0.342 e. The molecule has 1 fully saturated rings. The first kappa shape index (κ1) is 12.8. The van der Waals surface area contributed by atoms with E-state index in [1.165, 1.54) is 0 Å². The van der Waals surface area contributed by atoms with Gasteiger partial charge in [-0.1, -0.05) is 6.92 Å². The summed E-state index contributed by atoms with van der Waals surface area (Å²) in [4.78, 5) is 15.6. The van der Waals surface area contributed by atoms with E-state index >= 15 is 0 Å². The van der Waals surface area contributed by atoms with E-state index in [9.17, 15) is 4.79 Å². The fourth-order valence-corrected chi connectivity index (χ4v) is 2.06. The van der Waals surface area contributed by atoms with Crippen LogP contribution in [0.3, 0.4) is 0 Å². The Morgan fingerprint density at radius 2 is 2.07 bits per heavy atom. The molecule has 0 aromatic heterocycles. The molecule has 1 rings (SSSR count). The molecule has 88 valence electrons. The van der Waals surface area contributed by atoms with Crippen molar-refractivity contribution in [2.45, 2.75) is 20.3 Å². The SMILES string of the molecule is CC(=O)N1CCCN(CC(C)CCl)CC1. The highest BCUT2D eigenvalue weighted by Crippen LogP contribution is 2.07. The molecule has 0 N–H and O–H groups in total. The summed E-state index contributed by atoms with van der Waals surface area (Å²) in [5, 5.41) is 0. The second kappa shape index (κ2) is 6.33. The number of rotatable bonds is 3. The summed E-state index contributed by atoms with van der Waals surface area (Å²) in [6.07, 6.45) is 1.08. The monoisotopic (exact) mass is 232 g/mol. The number of amides is 1. The Hall–Kier alpha value is -0.280. The Labute approximate surface area is 97.4 Å². The summed E-state index contributed by atoms with van der Waals surface area (Å²) in [6, 6.07) is 0. The van der Waals surface area contributed by atoms with Gasteiger partial charge < -0.3 is 9.80 Å². The maximum absolute atomic E-state index is 11.2. The number of hydrogen-bond donors (Lipinski definition) is 0. The van der Waals surface area contributed by atoms with E-state index in [4.69, 9.17) is 11.6 Å². The molecule has 0 aromatic rings. The van der Waals surface area contributed by atoms with E-state index in [2.05, 4.69) is 11.8 Å². The smallest absolute Gasteiger partial charge is 0.219 e. The minimum atomic E-state index is 0.197. The Kier molecular flexibility index (Phi) is 5.40. The topological polar surface area (TPSA) is 23.6 Å². The van der Waals surface area contributed by atoms with Crippen molar-refractivity contribution in [3.8, 4) is 0 Å². The lowest BCUT2D eigenvalue weighted by molar-refractivity contribution is -0.128. The first-order valence-corrected chi connectivity index (χ1v) is 6.20. The molecule has 0 spiro atoms. The standard InChI is InChI=1S/C11H21ClN2O/c1-10(8-12)9-13-4-3-5-14(7-6-13)11(2)15/h10H,3-9H2,1-2H3. The number of alkyl halides is 1. The van der Waals surface area contributed by atoms with E-state index < -0.39 is 0 Å². The highest BCUT2D eigenvalue weighted by molar-refractivity contribution is 6.18. The van der Waals surface area contributed by atoms with Gasteiger partial charge in [0.15, 0.2) is 0 Å². The van der Waals surface area contributed by atoms with Crippen LogP contribution in [0.1, 0.15) is 20.3 Å². The fourth-order valence-electron chi connectivity index (χ4n) is 1.96. The lowest BCUT2D eigenvalue weighted by Gasteiger charge is -2.23. The van der Waals surface area contributed by atoms with Crippen LogP contribution in [0, 0.1) is 5.92 Å². The maximum Gasteiger partial charge on any atom is 0.219 e. The Bertz CT molecular complexity index is 211. The van der Waals surface area contributed by atoms with E-state index in [0.29, 0.717) is 11.8 Å². The zero-order chi connectivity index (χ0) is 11.3. The zero-order valence-electron chi connectivity index (χ0n) is 9.71. The molecule has 4 heteroatoms. The summed E-state index contributed by atoms with van der Waals surface area (Å²) >= 11 is 5.80. The molecule has 1 atom stereocenters. The van der Waals surface area contributed by atoms with Gasteiger partial charge in [0.25, 0.3) is 0 Å². The largest absolute Gasteiger partial charge is 0.342 e. The highest BCUT2D eigenvalue weighted by atomic mass is 35.5. The van der Waals surface area contributed by atoms with Crippen molar-refractivity contribution in [1.29, 1.82) is 0 Å². The normalized spacial score (nSPS) is 21.1. The first-order chi connectivity index (χ1) is 7.13. The first-order valence-electron chi connectivity index (χ1n) is 5.67. The lowest BCUT2D eigenvalue weighted by atomic mass is 10.2. The molecule has 1 saturated heterocycles.